The highest BCUT2D eigenvalue weighted by Gasteiger charge is 2.54. The van der Waals surface area contributed by atoms with Crippen LogP contribution in [-0.2, 0) is 14.3 Å². The number of nitrogens with one attached hydrogen (secondary N) is 1. The molecule has 0 spiro atoms. The molecule has 2 unspecified atom stereocenters. The van der Waals surface area contributed by atoms with Gasteiger partial charge in [0.05, 0.1) is 23.9 Å². The minimum absolute atomic E-state index is 0.101. The van der Waals surface area contributed by atoms with Crippen LogP contribution in [0, 0.1) is 11.8 Å². The SMILES string of the molecule is CCC1(CC)CC(=O)N([C@H](c2cccnc2)C2CC2C(=O)O)C(NC(=O)OC(C)(C)C)=N1. The normalized spacial score (nSPS) is 23.2. The second-order valence-corrected chi connectivity index (χ2v) is 9.51. The van der Waals surface area contributed by atoms with Crippen molar-refractivity contribution in [2.75, 3.05) is 0 Å². The van der Waals surface area contributed by atoms with E-state index >= 15 is 0 Å². The summed E-state index contributed by atoms with van der Waals surface area (Å²) in [5, 5.41) is 12.2. The lowest BCUT2D eigenvalue weighted by Gasteiger charge is -2.41. The molecule has 2 heterocycles. The first-order valence-corrected chi connectivity index (χ1v) is 11.0. The van der Waals surface area contributed by atoms with Crippen LogP contribution < -0.4 is 5.32 Å². The fourth-order valence-electron chi connectivity index (χ4n) is 4.22. The van der Waals surface area contributed by atoms with Gasteiger partial charge in [0.25, 0.3) is 0 Å². The number of pyridine rings is 1. The van der Waals surface area contributed by atoms with E-state index in [2.05, 4.69) is 10.3 Å². The van der Waals surface area contributed by atoms with Gasteiger partial charge in [0, 0.05) is 12.4 Å². The number of amides is 2. The van der Waals surface area contributed by atoms with Crippen LogP contribution >= 0.6 is 0 Å². The average molecular weight is 445 g/mol. The molecule has 0 bridgehead atoms. The van der Waals surface area contributed by atoms with Crippen molar-refractivity contribution in [3.05, 3.63) is 30.1 Å². The monoisotopic (exact) mass is 444 g/mol. The van der Waals surface area contributed by atoms with E-state index < -0.39 is 35.2 Å². The Labute approximate surface area is 188 Å². The van der Waals surface area contributed by atoms with Crippen LogP contribution in [0.2, 0.25) is 0 Å². The van der Waals surface area contributed by atoms with Gasteiger partial charge in [0.2, 0.25) is 11.9 Å². The van der Waals surface area contributed by atoms with Gasteiger partial charge in [-0.2, -0.15) is 0 Å². The number of aliphatic carboxylic acids is 1. The summed E-state index contributed by atoms with van der Waals surface area (Å²) in [7, 11) is 0. The number of carbonyl (C=O) groups excluding carboxylic acids is 2. The summed E-state index contributed by atoms with van der Waals surface area (Å²) in [6.07, 6.45) is 4.40. The predicted octanol–water partition coefficient (Wildman–Crippen LogP) is 3.52. The third kappa shape index (κ3) is 5.08. The van der Waals surface area contributed by atoms with Crippen LogP contribution in [-0.4, -0.2) is 50.1 Å². The Kier molecular flexibility index (Phi) is 6.57. The Hall–Kier alpha value is -2.97. The van der Waals surface area contributed by atoms with Crippen LogP contribution in [0.15, 0.2) is 29.5 Å². The molecule has 2 amide bonds. The zero-order valence-corrected chi connectivity index (χ0v) is 19.3. The number of carboxylic acid groups (broad SMARTS) is 1. The number of carboxylic acids is 1. The molecule has 3 atom stereocenters. The van der Waals surface area contributed by atoms with Gasteiger partial charge in [-0.3, -0.25) is 24.8 Å². The number of alkyl carbamates (subject to hydrolysis) is 1. The Balaban J connectivity index is 2.05. The van der Waals surface area contributed by atoms with Crippen molar-refractivity contribution >= 4 is 23.9 Å². The molecule has 32 heavy (non-hydrogen) atoms. The number of aliphatic imine (C=N–C) groups is 1. The third-order valence-corrected chi connectivity index (χ3v) is 6.12. The molecule has 1 aromatic rings. The number of rotatable bonds is 6. The van der Waals surface area contributed by atoms with E-state index in [1.54, 1.807) is 39.2 Å². The molecule has 174 valence electrons. The number of aromatic nitrogens is 1. The number of nitrogens with zero attached hydrogens (tertiary/aromatic N) is 3. The molecular weight excluding hydrogens is 412 g/mol. The van der Waals surface area contributed by atoms with Crippen LogP contribution in [0.25, 0.3) is 0 Å². The highest BCUT2D eigenvalue weighted by molar-refractivity contribution is 6.05. The Morgan fingerprint density at radius 2 is 2.03 bits per heavy atom. The Bertz CT molecular complexity index is 905. The zero-order chi connectivity index (χ0) is 23.7. The Morgan fingerprint density at radius 3 is 2.53 bits per heavy atom. The number of hydrogen-bond donors (Lipinski definition) is 2. The van der Waals surface area contributed by atoms with E-state index in [1.807, 2.05) is 19.9 Å². The minimum atomic E-state index is -0.900. The maximum Gasteiger partial charge on any atom is 0.414 e. The van der Waals surface area contributed by atoms with Gasteiger partial charge in [-0.25, -0.2) is 9.79 Å². The van der Waals surface area contributed by atoms with Crippen molar-refractivity contribution in [3.63, 3.8) is 0 Å². The first kappa shape index (κ1) is 23.7. The van der Waals surface area contributed by atoms with Gasteiger partial charge in [-0.05, 0) is 57.6 Å². The number of hydrogen-bond acceptors (Lipinski definition) is 6. The van der Waals surface area contributed by atoms with Gasteiger partial charge >= 0.3 is 12.1 Å². The van der Waals surface area contributed by atoms with E-state index in [1.165, 1.54) is 4.90 Å². The highest BCUT2D eigenvalue weighted by Crippen LogP contribution is 2.51. The van der Waals surface area contributed by atoms with Crippen molar-refractivity contribution in [1.29, 1.82) is 0 Å². The van der Waals surface area contributed by atoms with E-state index in [9.17, 15) is 19.5 Å². The summed E-state index contributed by atoms with van der Waals surface area (Å²) in [4.78, 5) is 48.2. The largest absolute Gasteiger partial charge is 0.481 e. The molecule has 0 saturated heterocycles. The van der Waals surface area contributed by atoms with Crippen molar-refractivity contribution < 1.29 is 24.2 Å². The standard InChI is InChI=1S/C23H32N4O5/c1-6-23(7-2)12-17(28)27(20(26-23)25-21(31)32-22(3,4)5)18(14-9-8-10-24-13-14)15-11-16(15)19(29)30/h8-10,13,15-16,18H,6-7,11-12H2,1-5H3,(H,29,30)(H,25,26,31)/t15?,16?,18-/m1/s1. The summed E-state index contributed by atoms with van der Waals surface area (Å²) < 4.78 is 5.41. The van der Waals surface area contributed by atoms with Gasteiger partial charge in [0.15, 0.2) is 0 Å². The maximum absolute atomic E-state index is 13.5. The maximum atomic E-state index is 13.5. The van der Waals surface area contributed by atoms with Gasteiger partial charge in [-0.1, -0.05) is 19.9 Å². The summed E-state index contributed by atoms with van der Waals surface area (Å²) in [5.41, 5.74) is -0.657. The molecule has 2 N–H and O–H groups in total. The summed E-state index contributed by atoms with van der Waals surface area (Å²) >= 11 is 0. The molecule has 2 aliphatic rings. The molecule has 1 aliphatic carbocycles. The van der Waals surface area contributed by atoms with Gasteiger partial charge in [-0.15, -0.1) is 0 Å². The van der Waals surface area contributed by atoms with Gasteiger partial charge < -0.3 is 9.84 Å². The fraction of sp³-hybridized carbons (Fsp3) is 0.609. The lowest BCUT2D eigenvalue weighted by molar-refractivity contribution is -0.140. The lowest BCUT2D eigenvalue weighted by Crippen LogP contribution is -2.56. The molecule has 1 aliphatic heterocycles. The second-order valence-electron chi connectivity index (χ2n) is 9.51. The Morgan fingerprint density at radius 1 is 1.34 bits per heavy atom. The second kappa shape index (κ2) is 8.88. The van der Waals surface area contributed by atoms with E-state index in [0.717, 1.165) is 0 Å². The van der Waals surface area contributed by atoms with Crippen LogP contribution in [0.4, 0.5) is 4.79 Å². The number of carbonyl (C=O) groups is 3. The quantitative estimate of drug-likeness (QED) is 0.692. The first-order valence-electron chi connectivity index (χ1n) is 11.0. The van der Waals surface area contributed by atoms with Gasteiger partial charge in [0.1, 0.15) is 5.60 Å². The molecule has 1 saturated carbocycles. The highest BCUT2D eigenvalue weighted by atomic mass is 16.6. The topological polar surface area (TPSA) is 121 Å². The molecule has 0 radical (unpaired) electrons. The summed E-state index contributed by atoms with van der Waals surface area (Å²) in [6, 6.07) is 2.96. The number of guanidine groups is 1. The molecule has 1 fully saturated rings. The molecular formula is C23H32N4O5. The van der Waals surface area contributed by atoms with E-state index in [-0.39, 0.29) is 24.2 Å². The molecule has 9 heteroatoms. The fourth-order valence-corrected chi connectivity index (χ4v) is 4.22. The minimum Gasteiger partial charge on any atom is -0.481 e. The van der Waals surface area contributed by atoms with E-state index in [4.69, 9.17) is 9.73 Å². The van der Waals surface area contributed by atoms with Crippen molar-refractivity contribution in [3.8, 4) is 0 Å². The average Bonchev–Trinajstić information content (AvgIpc) is 3.50. The van der Waals surface area contributed by atoms with Crippen LogP contribution in [0.3, 0.4) is 0 Å². The summed E-state index contributed by atoms with van der Waals surface area (Å²) in [6.45, 7) is 9.17. The zero-order valence-electron chi connectivity index (χ0n) is 19.3. The molecule has 9 nitrogen and oxygen atoms in total. The van der Waals surface area contributed by atoms with Crippen molar-refractivity contribution in [2.24, 2.45) is 16.8 Å². The van der Waals surface area contributed by atoms with Crippen molar-refractivity contribution in [2.45, 2.75) is 77.5 Å². The number of ether oxygens (including phenoxy) is 1. The smallest absolute Gasteiger partial charge is 0.414 e. The third-order valence-electron chi connectivity index (χ3n) is 6.12. The molecule has 3 rings (SSSR count). The molecule has 0 aromatic carbocycles. The first-order chi connectivity index (χ1) is 15.0. The van der Waals surface area contributed by atoms with Crippen LogP contribution in [0.1, 0.15) is 71.9 Å². The predicted molar refractivity (Wildman–Crippen MR) is 118 cm³/mol. The van der Waals surface area contributed by atoms with Crippen molar-refractivity contribution in [1.82, 2.24) is 15.2 Å². The van der Waals surface area contributed by atoms with E-state index in [0.29, 0.717) is 24.8 Å². The molecule has 1 aromatic heterocycles. The summed E-state index contributed by atoms with van der Waals surface area (Å²) in [5.74, 6) is -1.88. The lowest BCUT2D eigenvalue weighted by atomic mass is 9.87. The van der Waals surface area contributed by atoms with Crippen LogP contribution in [0.5, 0.6) is 0 Å².